The molecule has 2 aromatic carbocycles. The van der Waals surface area contributed by atoms with E-state index in [1.54, 1.807) is 6.07 Å². The van der Waals surface area contributed by atoms with Gasteiger partial charge in [-0.15, -0.1) is 11.3 Å². The summed E-state index contributed by atoms with van der Waals surface area (Å²) in [5, 5.41) is 15.8. The normalized spacial score (nSPS) is 11.0. The number of nitrogens with one attached hydrogen (secondary N) is 3. The predicted molar refractivity (Wildman–Crippen MR) is 125 cm³/mol. The minimum Gasteiger partial charge on any atom is -0.501 e. The Morgan fingerprint density at radius 2 is 1.84 bits per heavy atom. The van der Waals surface area contributed by atoms with E-state index in [1.165, 1.54) is 11.3 Å². The molecule has 0 saturated heterocycles. The molecule has 0 fully saturated rings. The van der Waals surface area contributed by atoms with Gasteiger partial charge >= 0.3 is 0 Å². The number of benzene rings is 2. The number of hydrogen-bond donors (Lipinski definition) is 4. The molecule has 1 amide bonds. The van der Waals surface area contributed by atoms with Crippen LogP contribution in [0.4, 0.5) is 0 Å². The Hall–Kier alpha value is -4.17. The van der Waals surface area contributed by atoms with Gasteiger partial charge < -0.3 is 20.4 Å². The van der Waals surface area contributed by atoms with E-state index in [4.69, 9.17) is 0 Å². The van der Waals surface area contributed by atoms with E-state index >= 15 is 0 Å². The summed E-state index contributed by atoms with van der Waals surface area (Å²) in [4.78, 5) is 35.7. The highest BCUT2D eigenvalue weighted by molar-refractivity contribution is 7.13. The number of thiophene rings is 1. The van der Waals surface area contributed by atoms with E-state index in [-0.39, 0.29) is 18.1 Å². The molecule has 8 heteroatoms. The Bertz CT molecular complexity index is 1450. The molecule has 4 N–H and O–H groups in total. The average molecular weight is 443 g/mol. The molecule has 0 unspecified atom stereocenters. The second-order valence-corrected chi connectivity index (χ2v) is 8.15. The van der Waals surface area contributed by atoms with Crippen LogP contribution in [0.1, 0.15) is 16.1 Å². The van der Waals surface area contributed by atoms with Crippen molar-refractivity contribution in [3.63, 3.8) is 0 Å². The number of amides is 1. The van der Waals surface area contributed by atoms with Crippen LogP contribution in [0.3, 0.4) is 0 Å². The molecule has 0 aliphatic carbocycles. The Balaban J connectivity index is 1.42. The Labute approximate surface area is 186 Å². The smallest absolute Gasteiger partial charge is 0.294 e. The Morgan fingerprint density at radius 1 is 1.03 bits per heavy atom. The third kappa shape index (κ3) is 3.67. The number of fused-ring (bicyclic) bond motifs is 1. The van der Waals surface area contributed by atoms with E-state index in [1.807, 2.05) is 60.0 Å². The van der Waals surface area contributed by atoms with Crippen molar-refractivity contribution in [1.29, 1.82) is 0 Å². The van der Waals surface area contributed by atoms with Crippen molar-refractivity contribution >= 4 is 28.1 Å². The number of aromatic nitrogens is 3. The summed E-state index contributed by atoms with van der Waals surface area (Å²) in [7, 11) is 0. The van der Waals surface area contributed by atoms with Crippen molar-refractivity contribution in [1.82, 2.24) is 20.3 Å². The summed E-state index contributed by atoms with van der Waals surface area (Å²) < 4.78 is 0. The van der Waals surface area contributed by atoms with Crippen LogP contribution in [0.25, 0.3) is 32.9 Å². The largest absolute Gasteiger partial charge is 0.501 e. The van der Waals surface area contributed by atoms with Gasteiger partial charge in [-0.2, -0.15) is 0 Å². The maximum absolute atomic E-state index is 12.8. The van der Waals surface area contributed by atoms with E-state index in [9.17, 15) is 14.7 Å². The number of carbonyl (C=O) groups is 1. The Morgan fingerprint density at radius 3 is 2.66 bits per heavy atom. The van der Waals surface area contributed by atoms with E-state index in [0.717, 1.165) is 27.7 Å². The molecule has 0 atom stereocenters. The van der Waals surface area contributed by atoms with Gasteiger partial charge in [-0.1, -0.05) is 48.5 Å². The number of aromatic amines is 2. The zero-order valence-electron chi connectivity index (χ0n) is 16.8. The third-order valence-corrected chi connectivity index (χ3v) is 6.02. The van der Waals surface area contributed by atoms with Crippen LogP contribution in [-0.2, 0) is 6.54 Å². The van der Waals surface area contributed by atoms with Crippen LogP contribution in [0.15, 0.2) is 76.9 Å². The highest BCUT2D eigenvalue weighted by Gasteiger charge is 2.19. The summed E-state index contributed by atoms with van der Waals surface area (Å²) in [6, 6.07) is 21.4. The number of aromatic hydroxyl groups is 1. The van der Waals surface area contributed by atoms with Crippen molar-refractivity contribution in [3.8, 4) is 27.7 Å². The molecule has 5 rings (SSSR count). The van der Waals surface area contributed by atoms with Crippen molar-refractivity contribution in [3.05, 3.63) is 93.7 Å². The fourth-order valence-electron chi connectivity index (χ4n) is 3.57. The molecule has 158 valence electrons. The lowest BCUT2D eigenvalue weighted by atomic mass is 10.0. The van der Waals surface area contributed by atoms with Gasteiger partial charge in [0, 0.05) is 28.7 Å². The maximum Gasteiger partial charge on any atom is 0.294 e. The van der Waals surface area contributed by atoms with Gasteiger partial charge in [0.2, 0.25) is 5.75 Å². The van der Waals surface area contributed by atoms with Gasteiger partial charge in [-0.25, -0.2) is 4.98 Å². The fourth-order valence-corrected chi connectivity index (χ4v) is 4.24. The van der Waals surface area contributed by atoms with Crippen LogP contribution in [0.5, 0.6) is 5.75 Å². The SMILES string of the molecule is O=C(NCc1ccccc1-c1cc2ccccc2[nH]1)c1nc(-c2cccs2)[nH]c(=O)c1O. The zero-order valence-corrected chi connectivity index (χ0v) is 17.6. The molecule has 3 aromatic heterocycles. The van der Waals surface area contributed by atoms with Crippen molar-refractivity contribution in [2.75, 3.05) is 0 Å². The van der Waals surface area contributed by atoms with Crippen LogP contribution in [0, 0.1) is 0 Å². The molecule has 3 heterocycles. The average Bonchev–Trinajstić information content (AvgIpc) is 3.49. The third-order valence-electron chi connectivity index (χ3n) is 5.14. The van der Waals surface area contributed by atoms with Gasteiger partial charge in [-0.3, -0.25) is 9.59 Å². The zero-order chi connectivity index (χ0) is 22.1. The lowest BCUT2D eigenvalue weighted by Crippen LogP contribution is -2.26. The number of H-pyrrole nitrogens is 2. The molecular weight excluding hydrogens is 424 g/mol. The monoisotopic (exact) mass is 442 g/mol. The maximum atomic E-state index is 12.8. The van der Waals surface area contributed by atoms with Gasteiger partial charge in [0.25, 0.3) is 11.5 Å². The second-order valence-electron chi connectivity index (χ2n) is 7.20. The van der Waals surface area contributed by atoms with Crippen molar-refractivity contribution in [2.24, 2.45) is 0 Å². The Kier molecular flexibility index (Phi) is 5.04. The molecule has 0 aliphatic heterocycles. The van der Waals surface area contributed by atoms with Crippen LogP contribution < -0.4 is 10.9 Å². The van der Waals surface area contributed by atoms with Crippen molar-refractivity contribution in [2.45, 2.75) is 6.54 Å². The number of hydrogen-bond acceptors (Lipinski definition) is 5. The number of rotatable bonds is 5. The van der Waals surface area contributed by atoms with Crippen LogP contribution >= 0.6 is 11.3 Å². The van der Waals surface area contributed by atoms with Gasteiger partial charge in [0.1, 0.15) is 0 Å². The summed E-state index contributed by atoms with van der Waals surface area (Å²) >= 11 is 1.37. The minimum atomic E-state index is -0.757. The van der Waals surface area contributed by atoms with Gasteiger partial charge in [0.15, 0.2) is 11.5 Å². The van der Waals surface area contributed by atoms with Gasteiger partial charge in [-0.05, 0) is 29.1 Å². The van der Waals surface area contributed by atoms with Crippen molar-refractivity contribution < 1.29 is 9.90 Å². The summed E-state index contributed by atoms with van der Waals surface area (Å²) in [5.41, 5.74) is 2.74. The number of nitrogens with zero attached hydrogens (tertiary/aromatic N) is 1. The standard InChI is InChI=1S/C24H18N4O3S/c29-21-20(27-22(28-24(21)31)19-10-5-11-32-19)23(30)25-13-15-7-1-3-8-16(15)18-12-14-6-2-4-9-17(14)26-18/h1-12,26,29H,13H2,(H,25,30)(H,27,28,31). The second kappa shape index (κ2) is 8.16. The molecule has 32 heavy (non-hydrogen) atoms. The molecule has 7 nitrogen and oxygen atoms in total. The molecule has 0 aliphatic rings. The number of carbonyl (C=O) groups excluding carboxylic acids is 1. The lowest BCUT2D eigenvalue weighted by molar-refractivity contribution is 0.0942. The predicted octanol–water partition coefficient (Wildman–Crippen LogP) is 4.28. The summed E-state index contributed by atoms with van der Waals surface area (Å²) in [5.74, 6) is -1.09. The van der Waals surface area contributed by atoms with Crippen LogP contribution in [0.2, 0.25) is 0 Å². The minimum absolute atomic E-state index is 0.201. The lowest BCUT2D eigenvalue weighted by Gasteiger charge is -2.10. The van der Waals surface area contributed by atoms with Gasteiger partial charge in [0.05, 0.1) is 4.88 Å². The summed E-state index contributed by atoms with van der Waals surface area (Å²) in [6.07, 6.45) is 0. The van der Waals surface area contributed by atoms with E-state index in [0.29, 0.717) is 4.88 Å². The molecule has 5 aromatic rings. The first kappa shape index (κ1) is 19.8. The van der Waals surface area contributed by atoms with E-state index < -0.39 is 17.2 Å². The molecule has 0 radical (unpaired) electrons. The summed E-state index contributed by atoms with van der Waals surface area (Å²) in [6.45, 7) is 0.201. The first-order valence-corrected chi connectivity index (χ1v) is 10.8. The fraction of sp³-hybridized carbons (Fsp3) is 0.0417. The van der Waals surface area contributed by atoms with E-state index in [2.05, 4.69) is 26.3 Å². The topological polar surface area (TPSA) is 111 Å². The highest BCUT2D eigenvalue weighted by Crippen LogP contribution is 2.27. The molecule has 0 spiro atoms. The first-order valence-electron chi connectivity index (χ1n) is 9.91. The highest BCUT2D eigenvalue weighted by atomic mass is 32.1. The quantitative estimate of drug-likeness (QED) is 0.325. The first-order chi connectivity index (χ1) is 15.6. The van der Waals surface area contributed by atoms with Crippen LogP contribution in [-0.4, -0.2) is 26.0 Å². The molecule has 0 bridgehead atoms. The number of para-hydroxylation sites is 1. The molecular formula is C24H18N4O3S. The molecule has 0 saturated carbocycles.